The van der Waals surface area contributed by atoms with Gasteiger partial charge >= 0.3 is 0 Å². The van der Waals surface area contributed by atoms with E-state index in [1.54, 1.807) is 0 Å². The molecule has 1 saturated carbocycles. The highest BCUT2D eigenvalue weighted by Gasteiger charge is 2.19. The van der Waals surface area contributed by atoms with Crippen molar-refractivity contribution in [3.63, 3.8) is 0 Å². The van der Waals surface area contributed by atoms with Crippen LogP contribution in [0, 0.1) is 5.92 Å². The van der Waals surface area contributed by atoms with Crippen molar-refractivity contribution in [3.8, 4) is 0 Å². The summed E-state index contributed by atoms with van der Waals surface area (Å²) >= 11 is 0. The largest absolute Gasteiger partial charge is 0.393 e. The highest BCUT2D eigenvalue weighted by Crippen LogP contribution is 2.24. The third-order valence-corrected chi connectivity index (χ3v) is 3.28. The average molecular weight is 199 g/mol. The van der Waals surface area contributed by atoms with Gasteiger partial charge in [0.1, 0.15) is 0 Å². The van der Waals surface area contributed by atoms with Crippen molar-refractivity contribution in [3.05, 3.63) is 0 Å². The van der Waals surface area contributed by atoms with Crippen LogP contribution >= 0.6 is 0 Å². The molecule has 0 spiro atoms. The van der Waals surface area contributed by atoms with Gasteiger partial charge in [-0.25, -0.2) is 0 Å². The summed E-state index contributed by atoms with van der Waals surface area (Å²) in [5.74, 6) is 0.834. The molecule has 84 valence electrons. The first-order chi connectivity index (χ1) is 6.72. The number of nitrogens with zero attached hydrogens (tertiary/aromatic N) is 1. The molecule has 2 heteroatoms. The summed E-state index contributed by atoms with van der Waals surface area (Å²) in [5, 5.41) is 9.39. The molecule has 1 aliphatic rings. The standard InChI is InChI=1S/C12H25NO/c1-3-4-9-13(2)10-11-5-7-12(14)8-6-11/h11-12,14H,3-10H2,1-2H3. The minimum atomic E-state index is -0.00722. The van der Waals surface area contributed by atoms with Crippen LogP contribution in [0.1, 0.15) is 45.4 Å². The van der Waals surface area contributed by atoms with Gasteiger partial charge in [-0.3, -0.25) is 0 Å². The fourth-order valence-corrected chi connectivity index (χ4v) is 2.29. The van der Waals surface area contributed by atoms with Crippen LogP contribution in [0.2, 0.25) is 0 Å². The van der Waals surface area contributed by atoms with Crippen molar-refractivity contribution in [2.45, 2.75) is 51.6 Å². The fourth-order valence-electron chi connectivity index (χ4n) is 2.29. The lowest BCUT2D eigenvalue weighted by molar-refractivity contribution is 0.0975. The Balaban J connectivity index is 2.10. The quantitative estimate of drug-likeness (QED) is 0.734. The van der Waals surface area contributed by atoms with Crippen LogP contribution in [0.5, 0.6) is 0 Å². The molecule has 0 bridgehead atoms. The molecule has 14 heavy (non-hydrogen) atoms. The Morgan fingerprint density at radius 3 is 2.43 bits per heavy atom. The molecule has 0 saturated heterocycles. The predicted molar refractivity (Wildman–Crippen MR) is 60.4 cm³/mol. The van der Waals surface area contributed by atoms with Gasteiger partial charge in [-0.2, -0.15) is 0 Å². The van der Waals surface area contributed by atoms with Crippen LogP contribution in [0.15, 0.2) is 0 Å². The average Bonchev–Trinajstić information content (AvgIpc) is 2.18. The first-order valence-corrected chi connectivity index (χ1v) is 6.09. The summed E-state index contributed by atoms with van der Waals surface area (Å²) in [7, 11) is 2.22. The van der Waals surface area contributed by atoms with E-state index < -0.39 is 0 Å². The van der Waals surface area contributed by atoms with Gasteiger partial charge in [0.2, 0.25) is 0 Å². The summed E-state index contributed by atoms with van der Waals surface area (Å²) in [6, 6.07) is 0. The molecule has 0 unspecified atom stereocenters. The van der Waals surface area contributed by atoms with Gasteiger partial charge in [0.05, 0.1) is 6.10 Å². The summed E-state index contributed by atoms with van der Waals surface area (Å²) in [4.78, 5) is 2.45. The van der Waals surface area contributed by atoms with Gasteiger partial charge in [-0.05, 0) is 51.6 Å². The van der Waals surface area contributed by atoms with Crippen molar-refractivity contribution in [1.82, 2.24) is 4.90 Å². The number of hydrogen-bond donors (Lipinski definition) is 1. The Morgan fingerprint density at radius 1 is 1.21 bits per heavy atom. The number of unbranched alkanes of at least 4 members (excludes halogenated alkanes) is 1. The van der Waals surface area contributed by atoms with E-state index in [0.29, 0.717) is 0 Å². The molecule has 0 aliphatic heterocycles. The Bertz CT molecular complexity index is 141. The minimum absolute atomic E-state index is 0.00722. The number of hydrogen-bond acceptors (Lipinski definition) is 2. The van der Waals surface area contributed by atoms with E-state index in [0.717, 1.165) is 18.8 Å². The third kappa shape index (κ3) is 4.43. The van der Waals surface area contributed by atoms with Gasteiger partial charge < -0.3 is 10.0 Å². The fraction of sp³-hybridized carbons (Fsp3) is 1.00. The van der Waals surface area contributed by atoms with Crippen molar-refractivity contribution < 1.29 is 5.11 Å². The van der Waals surface area contributed by atoms with Gasteiger partial charge in [-0.1, -0.05) is 13.3 Å². The van der Waals surface area contributed by atoms with Crippen LogP contribution in [-0.4, -0.2) is 36.2 Å². The summed E-state index contributed by atoms with van der Waals surface area (Å²) in [6.07, 6.45) is 7.07. The second-order valence-electron chi connectivity index (χ2n) is 4.79. The molecule has 0 atom stereocenters. The highest BCUT2D eigenvalue weighted by atomic mass is 16.3. The maximum Gasteiger partial charge on any atom is 0.0540 e. The number of aliphatic hydroxyl groups excluding tert-OH is 1. The van der Waals surface area contributed by atoms with Crippen molar-refractivity contribution in [1.29, 1.82) is 0 Å². The van der Waals surface area contributed by atoms with E-state index in [9.17, 15) is 5.11 Å². The lowest BCUT2D eigenvalue weighted by Gasteiger charge is -2.29. The van der Waals surface area contributed by atoms with Crippen LogP contribution in [-0.2, 0) is 0 Å². The molecule has 0 aromatic rings. The third-order valence-electron chi connectivity index (χ3n) is 3.28. The molecule has 1 aliphatic carbocycles. The first-order valence-electron chi connectivity index (χ1n) is 6.09. The maximum atomic E-state index is 9.39. The zero-order valence-electron chi connectivity index (χ0n) is 9.71. The number of rotatable bonds is 5. The highest BCUT2D eigenvalue weighted by molar-refractivity contribution is 4.73. The molecule has 0 aromatic carbocycles. The lowest BCUT2D eigenvalue weighted by Crippen LogP contribution is -2.30. The van der Waals surface area contributed by atoms with Crippen LogP contribution in [0.4, 0.5) is 0 Å². The van der Waals surface area contributed by atoms with Gasteiger partial charge in [0.25, 0.3) is 0 Å². The normalized spacial score (nSPS) is 28.3. The predicted octanol–water partition coefficient (Wildman–Crippen LogP) is 2.27. The van der Waals surface area contributed by atoms with Gasteiger partial charge in [0, 0.05) is 6.54 Å². The topological polar surface area (TPSA) is 23.5 Å². The van der Waals surface area contributed by atoms with Gasteiger partial charge in [-0.15, -0.1) is 0 Å². The molecule has 1 rings (SSSR count). The van der Waals surface area contributed by atoms with Crippen molar-refractivity contribution >= 4 is 0 Å². The van der Waals surface area contributed by atoms with E-state index in [1.165, 1.54) is 38.8 Å². The zero-order chi connectivity index (χ0) is 10.4. The monoisotopic (exact) mass is 199 g/mol. The minimum Gasteiger partial charge on any atom is -0.393 e. The molecule has 1 fully saturated rings. The molecule has 1 N–H and O–H groups in total. The van der Waals surface area contributed by atoms with Crippen LogP contribution in [0.25, 0.3) is 0 Å². The summed E-state index contributed by atoms with van der Waals surface area (Å²) in [6.45, 7) is 4.70. The molecule has 0 amide bonds. The van der Waals surface area contributed by atoms with E-state index in [-0.39, 0.29) is 6.10 Å². The van der Waals surface area contributed by atoms with E-state index in [4.69, 9.17) is 0 Å². The van der Waals surface area contributed by atoms with Crippen LogP contribution < -0.4 is 0 Å². The SMILES string of the molecule is CCCCN(C)CC1CCC(O)CC1. The summed E-state index contributed by atoms with van der Waals surface area (Å²) in [5.41, 5.74) is 0. The van der Waals surface area contributed by atoms with Gasteiger partial charge in [0.15, 0.2) is 0 Å². The molecular weight excluding hydrogens is 174 g/mol. The Kier molecular flexibility index (Phi) is 5.49. The first kappa shape index (κ1) is 12.0. The molecule has 0 aromatic heterocycles. The second-order valence-corrected chi connectivity index (χ2v) is 4.79. The molecule has 0 heterocycles. The van der Waals surface area contributed by atoms with Crippen molar-refractivity contribution in [2.75, 3.05) is 20.1 Å². The maximum absolute atomic E-state index is 9.39. The lowest BCUT2D eigenvalue weighted by atomic mass is 9.87. The van der Waals surface area contributed by atoms with E-state index >= 15 is 0 Å². The van der Waals surface area contributed by atoms with E-state index in [2.05, 4.69) is 18.9 Å². The number of aliphatic hydroxyl groups is 1. The molecule has 0 radical (unpaired) electrons. The second kappa shape index (κ2) is 6.41. The molecular formula is C12H25NO. The van der Waals surface area contributed by atoms with Crippen molar-refractivity contribution in [2.24, 2.45) is 5.92 Å². The zero-order valence-corrected chi connectivity index (χ0v) is 9.71. The van der Waals surface area contributed by atoms with E-state index in [1.807, 2.05) is 0 Å². The summed E-state index contributed by atoms with van der Waals surface area (Å²) < 4.78 is 0. The van der Waals surface area contributed by atoms with Crippen LogP contribution in [0.3, 0.4) is 0 Å². The Morgan fingerprint density at radius 2 is 1.86 bits per heavy atom. The Labute approximate surface area is 88.3 Å². The molecule has 2 nitrogen and oxygen atoms in total. The smallest absolute Gasteiger partial charge is 0.0540 e. The Hall–Kier alpha value is -0.0800.